The normalized spacial score (nSPS) is 10.1. The van der Waals surface area contributed by atoms with E-state index in [9.17, 15) is 4.79 Å². The molecule has 0 saturated carbocycles. The molecule has 0 atom stereocenters. The second-order valence-electron chi connectivity index (χ2n) is 2.52. The lowest BCUT2D eigenvalue weighted by Gasteiger charge is -2.02. The molecular weight excluding hydrogens is 232 g/mol. The Morgan fingerprint density at radius 2 is 1.69 bits per heavy atom. The summed E-state index contributed by atoms with van der Waals surface area (Å²) in [5.74, 6) is -0.436. The van der Waals surface area contributed by atoms with Crippen LogP contribution in [0.15, 0.2) is 12.1 Å². The van der Waals surface area contributed by atoms with E-state index in [1.807, 2.05) is 0 Å². The van der Waals surface area contributed by atoms with Crippen molar-refractivity contribution in [2.24, 2.45) is 5.73 Å². The minimum atomic E-state index is -0.436. The van der Waals surface area contributed by atoms with Crippen LogP contribution in [0.3, 0.4) is 0 Å². The number of amides is 1. The summed E-state index contributed by atoms with van der Waals surface area (Å²) in [6, 6.07) is 3.14. The third-order valence-electron chi connectivity index (χ3n) is 1.42. The van der Waals surface area contributed by atoms with Crippen molar-refractivity contribution in [3.63, 3.8) is 0 Å². The maximum atomic E-state index is 10.6. The summed E-state index contributed by atoms with van der Waals surface area (Å²) < 4.78 is 0. The van der Waals surface area contributed by atoms with Gasteiger partial charge >= 0.3 is 0 Å². The van der Waals surface area contributed by atoms with Crippen LogP contribution in [-0.4, -0.2) is 5.91 Å². The molecule has 0 heterocycles. The highest BCUT2D eigenvalue weighted by Crippen LogP contribution is 2.31. The fraction of sp³-hybridized carbons (Fsp3) is 0.125. The van der Waals surface area contributed by atoms with Gasteiger partial charge in [-0.2, -0.15) is 0 Å². The van der Waals surface area contributed by atoms with Crippen LogP contribution in [0.4, 0.5) is 0 Å². The summed E-state index contributed by atoms with van der Waals surface area (Å²) in [5, 5.41) is 0.937. The van der Waals surface area contributed by atoms with E-state index in [4.69, 9.17) is 40.5 Å². The monoisotopic (exact) mass is 237 g/mol. The second kappa shape index (κ2) is 4.18. The van der Waals surface area contributed by atoms with Crippen LogP contribution >= 0.6 is 34.8 Å². The van der Waals surface area contributed by atoms with Crippen LogP contribution in [0.2, 0.25) is 15.1 Å². The first-order chi connectivity index (χ1) is 6.00. The Labute approximate surface area is 90.6 Å². The fourth-order valence-electron chi connectivity index (χ4n) is 0.911. The van der Waals surface area contributed by atoms with Gasteiger partial charge in [0.25, 0.3) is 0 Å². The number of hydrogen-bond donors (Lipinski definition) is 1. The Balaban J connectivity index is 3.06. The van der Waals surface area contributed by atoms with Crippen molar-refractivity contribution in [2.45, 2.75) is 6.42 Å². The summed E-state index contributed by atoms with van der Waals surface area (Å²) in [6.07, 6.45) is 0.108. The standard InChI is InChI=1S/C8H6Cl3NO/c9-5-1-4(3-7(12)13)2-6(10)8(5)11/h1-2H,3H2,(H2,12,13). The molecule has 13 heavy (non-hydrogen) atoms. The van der Waals surface area contributed by atoms with Gasteiger partial charge in [-0.1, -0.05) is 34.8 Å². The van der Waals surface area contributed by atoms with E-state index in [2.05, 4.69) is 0 Å². The highest BCUT2D eigenvalue weighted by atomic mass is 35.5. The second-order valence-corrected chi connectivity index (χ2v) is 3.71. The third-order valence-corrected chi connectivity index (χ3v) is 2.62. The van der Waals surface area contributed by atoms with Gasteiger partial charge < -0.3 is 5.73 Å². The van der Waals surface area contributed by atoms with Crippen LogP contribution < -0.4 is 5.73 Å². The average Bonchev–Trinajstić information content (AvgIpc) is 1.98. The molecule has 0 aliphatic carbocycles. The first-order valence-corrected chi connectivity index (χ1v) is 4.56. The van der Waals surface area contributed by atoms with Gasteiger partial charge in [-0.3, -0.25) is 4.79 Å². The average molecular weight is 239 g/mol. The maximum absolute atomic E-state index is 10.6. The van der Waals surface area contributed by atoms with Gasteiger partial charge in [-0.15, -0.1) is 0 Å². The van der Waals surface area contributed by atoms with Crippen LogP contribution in [0.5, 0.6) is 0 Å². The number of halogens is 3. The van der Waals surface area contributed by atoms with Gasteiger partial charge in [0.05, 0.1) is 21.5 Å². The van der Waals surface area contributed by atoms with E-state index < -0.39 is 5.91 Å². The Hall–Kier alpha value is -0.440. The van der Waals surface area contributed by atoms with Crippen LogP contribution in [0.1, 0.15) is 5.56 Å². The molecule has 1 aromatic carbocycles. The number of nitrogens with two attached hydrogens (primary N) is 1. The zero-order chi connectivity index (χ0) is 10.0. The van der Waals surface area contributed by atoms with Crippen molar-refractivity contribution < 1.29 is 4.79 Å². The molecule has 2 nitrogen and oxygen atoms in total. The SMILES string of the molecule is NC(=O)Cc1cc(Cl)c(Cl)c(Cl)c1. The number of carbonyl (C=O) groups is 1. The maximum Gasteiger partial charge on any atom is 0.221 e. The quantitative estimate of drug-likeness (QED) is 0.791. The molecule has 0 unspecified atom stereocenters. The number of hydrogen-bond acceptors (Lipinski definition) is 1. The Kier molecular flexibility index (Phi) is 3.42. The minimum Gasteiger partial charge on any atom is -0.369 e. The zero-order valence-electron chi connectivity index (χ0n) is 6.48. The molecule has 0 bridgehead atoms. The van der Waals surface area contributed by atoms with Gasteiger partial charge in [-0.25, -0.2) is 0 Å². The van der Waals surface area contributed by atoms with E-state index >= 15 is 0 Å². The van der Waals surface area contributed by atoms with Gasteiger partial charge in [-0.05, 0) is 17.7 Å². The summed E-state index contributed by atoms with van der Waals surface area (Å²) in [5.41, 5.74) is 5.66. The lowest BCUT2D eigenvalue weighted by molar-refractivity contribution is -0.117. The van der Waals surface area contributed by atoms with Crippen LogP contribution in [0.25, 0.3) is 0 Å². The molecule has 0 fully saturated rings. The first-order valence-electron chi connectivity index (χ1n) is 3.42. The van der Waals surface area contributed by atoms with E-state index in [1.165, 1.54) is 0 Å². The van der Waals surface area contributed by atoms with E-state index in [-0.39, 0.29) is 11.4 Å². The number of benzene rings is 1. The van der Waals surface area contributed by atoms with Gasteiger partial charge in [0.1, 0.15) is 0 Å². The molecule has 1 aromatic rings. The summed E-state index contributed by atoms with van der Waals surface area (Å²) >= 11 is 17.2. The molecule has 1 amide bonds. The van der Waals surface area contributed by atoms with Crippen molar-refractivity contribution in [2.75, 3.05) is 0 Å². The van der Waals surface area contributed by atoms with E-state index in [1.54, 1.807) is 12.1 Å². The van der Waals surface area contributed by atoms with Crippen molar-refractivity contribution in [3.05, 3.63) is 32.8 Å². The van der Waals surface area contributed by atoms with Gasteiger partial charge in [0, 0.05) is 0 Å². The topological polar surface area (TPSA) is 43.1 Å². The van der Waals surface area contributed by atoms with Crippen molar-refractivity contribution in [1.82, 2.24) is 0 Å². The molecule has 0 aliphatic heterocycles. The Morgan fingerprint density at radius 3 is 2.08 bits per heavy atom. The Bertz CT molecular complexity index is 328. The molecule has 1 rings (SSSR count). The van der Waals surface area contributed by atoms with E-state index in [0.717, 1.165) is 0 Å². The highest BCUT2D eigenvalue weighted by molar-refractivity contribution is 6.48. The zero-order valence-corrected chi connectivity index (χ0v) is 8.75. The largest absolute Gasteiger partial charge is 0.369 e. The molecule has 70 valence electrons. The molecule has 0 spiro atoms. The van der Waals surface area contributed by atoms with Crippen molar-refractivity contribution in [3.8, 4) is 0 Å². The Morgan fingerprint density at radius 1 is 1.23 bits per heavy atom. The first kappa shape index (κ1) is 10.6. The smallest absolute Gasteiger partial charge is 0.221 e. The highest BCUT2D eigenvalue weighted by Gasteiger charge is 2.07. The number of rotatable bonds is 2. The number of primary amides is 1. The molecule has 2 N–H and O–H groups in total. The molecule has 0 radical (unpaired) electrons. The fourth-order valence-corrected chi connectivity index (χ4v) is 1.55. The summed E-state index contributed by atoms with van der Waals surface area (Å²) in [7, 11) is 0. The lowest BCUT2D eigenvalue weighted by Crippen LogP contribution is -2.13. The predicted octanol–water partition coefficient (Wildman–Crippen LogP) is 2.67. The molecule has 0 aromatic heterocycles. The van der Waals surface area contributed by atoms with E-state index in [0.29, 0.717) is 15.6 Å². The van der Waals surface area contributed by atoms with Crippen molar-refractivity contribution >= 4 is 40.7 Å². The minimum absolute atomic E-state index is 0.108. The van der Waals surface area contributed by atoms with Crippen molar-refractivity contribution in [1.29, 1.82) is 0 Å². The van der Waals surface area contributed by atoms with Crippen LogP contribution in [0, 0.1) is 0 Å². The lowest BCUT2D eigenvalue weighted by atomic mass is 10.1. The predicted molar refractivity (Wildman–Crippen MR) is 54.4 cm³/mol. The molecule has 0 saturated heterocycles. The summed E-state index contributed by atoms with van der Waals surface area (Å²) in [4.78, 5) is 10.6. The summed E-state index contributed by atoms with van der Waals surface area (Å²) in [6.45, 7) is 0. The number of carbonyl (C=O) groups excluding carboxylic acids is 1. The molecule has 0 aliphatic rings. The third kappa shape index (κ3) is 2.76. The van der Waals surface area contributed by atoms with Gasteiger partial charge in [0.2, 0.25) is 5.91 Å². The molecule has 5 heteroatoms. The molecular formula is C8H6Cl3NO. The van der Waals surface area contributed by atoms with Gasteiger partial charge in [0.15, 0.2) is 0 Å². The van der Waals surface area contributed by atoms with Crippen LogP contribution in [-0.2, 0) is 11.2 Å².